The van der Waals surface area contributed by atoms with E-state index in [4.69, 9.17) is 5.73 Å². The van der Waals surface area contributed by atoms with Crippen LogP contribution in [0.2, 0.25) is 0 Å². The lowest BCUT2D eigenvalue weighted by molar-refractivity contribution is -0.153. The van der Waals surface area contributed by atoms with Crippen molar-refractivity contribution in [2.75, 3.05) is 6.61 Å². The highest BCUT2D eigenvalue weighted by atomic mass is 19.4. The molecule has 6 heteroatoms. The molecule has 16 heavy (non-hydrogen) atoms. The summed E-state index contributed by atoms with van der Waals surface area (Å²) in [7, 11) is 0. The zero-order valence-electron chi connectivity index (χ0n) is 9.01. The minimum absolute atomic E-state index is 0.0814. The molecule has 0 radical (unpaired) electrons. The fraction of sp³-hybridized carbons (Fsp3) is 0.500. The van der Waals surface area contributed by atoms with Crippen molar-refractivity contribution in [1.29, 1.82) is 0 Å². The molecule has 0 saturated carbocycles. The van der Waals surface area contributed by atoms with Crippen LogP contribution in [0.1, 0.15) is 24.4 Å². The maximum absolute atomic E-state index is 12.0. The van der Waals surface area contributed by atoms with E-state index >= 15 is 0 Å². The zero-order chi connectivity index (χ0) is 12.3. The van der Waals surface area contributed by atoms with Gasteiger partial charge in [0.2, 0.25) is 0 Å². The van der Waals surface area contributed by atoms with Crippen molar-refractivity contribution >= 4 is 0 Å². The summed E-state index contributed by atoms with van der Waals surface area (Å²) in [6.45, 7) is 2.04. The summed E-state index contributed by atoms with van der Waals surface area (Å²) in [4.78, 5) is 4.06. The number of halogens is 3. The Kier molecular flexibility index (Phi) is 3.74. The summed E-state index contributed by atoms with van der Waals surface area (Å²) in [5.41, 5.74) is 6.62. The maximum atomic E-state index is 12.0. The van der Waals surface area contributed by atoms with Gasteiger partial charge in [-0.1, -0.05) is 0 Å². The molecule has 0 unspecified atom stereocenters. The van der Waals surface area contributed by atoms with Gasteiger partial charge in [-0.15, -0.1) is 0 Å². The van der Waals surface area contributed by atoms with Gasteiger partial charge in [-0.25, -0.2) is 0 Å². The van der Waals surface area contributed by atoms with Gasteiger partial charge in [-0.05, 0) is 26.0 Å². The largest absolute Gasteiger partial charge is 0.482 e. The molecule has 0 spiro atoms. The lowest BCUT2D eigenvalue weighted by atomic mass is 10.2. The second kappa shape index (κ2) is 4.69. The van der Waals surface area contributed by atoms with E-state index < -0.39 is 18.8 Å². The summed E-state index contributed by atoms with van der Waals surface area (Å²) in [5, 5.41) is 0. The molecule has 1 rings (SSSR count). The Hall–Kier alpha value is -1.30. The molecular formula is C10H13F3N2O. The number of hydrogen-bond acceptors (Lipinski definition) is 3. The normalized spacial score (nSPS) is 13.6. The minimum atomic E-state index is -4.36. The number of rotatable bonds is 3. The highest BCUT2D eigenvalue weighted by Crippen LogP contribution is 2.24. The molecule has 0 fully saturated rings. The monoisotopic (exact) mass is 234 g/mol. The first kappa shape index (κ1) is 12.8. The van der Waals surface area contributed by atoms with Crippen molar-refractivity contribution in [3.05, 3.63) is 23.5 Å². The highest BCUT2D eigenvalue weighted by Gasteiger charge is 2.29. The van der Waals surface area contributed by atoms with Crippen molar-refractivity contribution in [3.63, 3.8) is 0 Å². The van der Waals surface area contributed by atoms with Gasteiger partial charge in [0.1, 0.15) is 5.75 Å². The van der Waals surface area contributed by atoms with Gasteiger partial charge in [-0.2, -0.15) is 13.2 Å². The van der Waals surface area contributed by atoms with E-state index in [1.807, 2.05) is 0 Å². The molecule has 0 amide bonds. The Bertz CT molecular complexity index is 364. The van der Waals surface area contributed by atoms with E-state index in [1.54, 1.807) is 19.9 Å². The van der Waals surface area contributed by atoms with Crippen LogP contribution in [0, 0.1) is 6.92 Å². The van der Waals surface area contributed by atoms with Gasteiger partial charge in [0.25, 0.3) is 0 Å². The third-order valence-electron chi connectivity index (χ3n) is 1.85. The molecule has 2 N–H and O–H groups in total. The molecule has 1 atom stereocenters. The van der Waals surface area contributed by atoms with Crippen molar-refractivity contribution in [1.82, 2.24) is 4.98 Å². The first-order chi connectivity index (χ1) is 7.29. The first-order valence-corrected chi connectivity index (χ1v) is 4.72. The van der Waals surface area contributed by atoms with Gasteiger partial charge in [-0.3, -0.25) is 4.98 Å². The number of nitrogens with two attached hydrogens (primary N) is 1. The lowest BCUT2D eigenvalue weighted by Gasteiger charge is -2.14. The molecule has 1 aromatic heterocycles. The SMILES string of the molecule is Cc1ccc(OCC(F)(F)F)c([C@@H](C)N)n1. The standard InChI is InChI=1S/C10H13F3N2O/c1-6-3-4-8(9(15-6)7(2)14)16-5-10(11,12)13/h3-4,7H,5,14H2,1-2H3/t7-/m1/s1. The first-order valence-electron chi connectivity index (χ1n) is 4.72. The number of aryl methyl sites for hydroxylation is 1. The summed E-state index contributed by atoms with van der Waals surface area (Å²) < 4.78 is 40.6. The van der Waals surface area contributed by atoms with E-state index in [0.29, 0.717) is 11.4 Å². The molecule has 1 heterocycles. The van der Waals surface area contributed by atoms with E-state index in [9.17, 15) is 13.2 Å². The van der Waals surface area contributed by atoms with Crippen LogP contribution in [0.3, 0.4) is 0 Å². The number of aromatic nitrogens is 1. The van der Waals surface area contributed by atoms with E-state index in [-0.39, 0.29) is 5.75 Å². The van der Waals surface area contributed by atoms with Crippen molar-refractivity contribution in [3.8, 4) is 5.75 Å². The average Bonchev–Trinajstić information content (AvgIpc) is 2.14. The number of hydrogen-bond donors (Lipinski definition) is 1. The highest BCUT2D eigenvalue weighted by molar-refractivity contribution is 5.31. The van der Waals surface area contributed by atoms with Crippen LogP contribution in [0.4, 0.5) is 13.2 Å². The molecule has 90 valence electrons. The van der Waals surface area contributed by atoms with E-state index in [0.717, 1.165) is 0 Å². The Balaban J connectivity index is 2.87. The lowest BCUT2D eigenvalue weighted by Crippen LogP contribution is -2.21. The van der Waals surface area contributed by atoms with Gasteiger partial charge >= 0.3 is 6.18 Å². The summed E-state index contributed by atoms with van der Waals surface area (Å²) in [5.74, 6) is 0.0814. The molecule has 0 bridgehead atoms. The van der Waals surface area contributed by atoms with Gasteiger partial charge in [0, 0.05) is 11.7 Å². The van der Waals surface area contributed by atoms with Crippen LogP contribution in [0.25, 0.3) is 0 Å². The van der Waals surface area contributed by atoms with E-state index in [2.05, 4.69) is 9.72 Å². The Labute approximate surface area is 91.4 Å². The van der Waals surface area contributed by atoms with E-state index in [1.165, 1.54) is 6.07 Å². The number of alkyl halides is 3. The molecule has 1 aromatic rings. The molecule has 0 aliphatic rings. The summed E-state index contributed by atoms with van der Waals surface area (Å²) in [6.07, 6.45) is -4.36. The third-order valence-corrected chi connectivity index (χ3v) is 1.85. The van der Waals surface area contributed by atoms with Crippen molar-refractivity contribution in [2.45, 2.75) is 26.1 Å². The average molecular weight is 234 g/mol. The molecular weight excluding hydrogens is 221 g/mol. The predicted molar refractivity (Wildman–Crippen MR) is 53.1 cm³/mol. The Morgan fingerprint density at radius 1 is 1.44 bits per heavy atom. The van der Waals surface area contributed by atoms with Crippen LogP contribution >= 0.6 is 0 Å². The Morgan fingerprint density at radius 3 is 2.56 bits per heavy atom. The fourth-order valence-corrected chi connectivity index (χ4v) is 1.17. The van der Waals surface area contributed by atoms with Crippen LogP contribution in [-0.4, -0.2) is 17.8 Å². The Morgan fingerprint density at radius 2 is 2.06 bits per heavy atom. The minimum Gasteiger partial charge on any atom is -0.482 e. The second-order valence-electron chi connectivity index (χ2n) is 3.53. The fourth-order valence-electron chi connectivity index (χ4n) is 1.17. The maximum Gasteiger partial charge on any atom is 0.422 e. The van der Waals surface area contributed by atoms with Crippen LogP contribution in [0.15, 0.2) is 12.1 Å². The summed E-state index contributed by atoms with van der Waals surface area (Å²) in [6, 6.07) is 2.56. The van der Waals surface area contributed by atoms with Crippen LogP contribution in [-0.2, 0) is 0 Å². The summed E-state index contributed by atoms with van der Waals surface area (Å²) >= 11 is 0. The van der Waals surface area contributed by atoms with Crippen molar-refractivity contribution in [2.24, 2.45) is 5.73 Å². The van der Waals surface area contributed by atoms with Gasteiger partial charge in [0.15, 0.2) is 6.61 Å². The number of pyridine rings is 1. The van der Waals surface area contributed by atoms with Crippen LogP contribution in [0.5, 0.6) is 5.75 Å². The zero-order valence-corrected chi connectivity index (χ0v) is 9.01. The number of nitrogens with zero attached hydrogens (tertiary/aromatic N) is 1. The van der Waals surface area contributed by atoms with Gasteiger partial charge < -0.3 is 10.5 Å². The molecule has 0 aliphatic carbocycles. The van der Waals surface area contributed by atoms with Crippen LogP contribution < -0.4 is 10.5 Å². The van der Waals surface area contributed by atoms with Gasteiger partial charge in [0.05, 0.1) is 5.69 Å². The number of ether oxygens (including phenoxy) is 1. The molecule has 0 aromatic carbocycles. The third kappa shape index (κ3) is 3.69. The topological polar surface area (TPSA) is 48.1 Å². The molecule has 0 aliphatic heterocycles. The smallest absolute Gasteiger partial charge is 0.422 e. The predicted octanol–water partition coefficient (Wildman–Crippen LogP) is 2.35. The molecule has 3 nitrogen and oxygen atoms in total. The quantitative estimate of drug-likeness (QED) is 0.873. The van der Waals surface area contributed by atoms with Crippen molar-refractivity contribution < 1.29 is 17.9 Å². The second-order valence-corrected chi connectivity index (χ2v) is 3.53. The molecule has 0 saturated heterocycles.